The van der Waals surface area contributed by atoms with Crippen LogP contribution >= 0.6 is 35.6 Å². The molecule has 0 radical (unpaired) electrons. The van der Waals surface area contributed by atoms with Gasteiger partial charge in [-0.3, -0.25) is 0 Å². The SMILES string of the molecule is CCCN(CCC)CCCOC(=O)c1ccc(Cl)cc1Cl.Cl. The summed E-state index contributed by atoms with van der Waals surface area (Å²) in [7, 11) is 0. The maximum atomic E-state index is 11.9. The molecule has 0 spiro atoms. The quantitative estimate of drug-likeness (QED) is 0.449. The highest BCUT2D eigenvalue weighted by Crippen LogP contribution is 2.21. The van der Waals surface area contributed by atoms with Crippen LogP contribution in [0.2, 0.25) is 10.0 Å². The fourth-order valence-electron chi connectivity index (χ4n) is 2.15. The molecule has 22 heavy (non-hydrogen) atoms. The van der Waals surface area contributed by atoms with E-state index in [9.17, 15) is 4.79 Å². The molecule has 0 aliphatic heterocycles. The molecule has 0 heterocycles. The van der Waals surface area contributed by atoms with Gasteiger partial charge in [0.25, 0.3) is 0 Å². The van der Waals surface area contributed by atoms with Gasteiger partial charge < -0.3 is 9.64 Å². The smallest absolute Gasteiger partial charge is 0.339 e. The van der Waals surface area contributed by atoms with Gasteiger partial charge in [-0.1, -0.05) is 37.0 Å². The van der Waals surface area contributed by atoms with Crippen LogP contribution in [0.15, 0.2) is 18.2 Å². The van der Waals surface area contributed by atoms with E-state index < -0.39 is 5.97 Å². The number of esters is 1. The van der Waals surface area contributed by atoms with Crippen LogP contribution in [0.3, 0.4) is 0 Å². The van der Waals surface area contributed by atoms with Gasteiger partial charge in [0.05, 0.1) is 17.2 Å². The lowest BCUT2D eigenvalue weighted by molar-refractivity contribution is 0.0488. The fraction of sp³-hybridized carbons (Fsp3) is 0.562. The normalized spacial score (nSPS) is 10.4. The van der Waals surface area contributed by atoms with Crippen LogP contribution in [0.25, 0.3) is 0 Å². The largest absolute Gasteiger partial charge is 0.462 e. The van der Waals surface area contributed by atoms with Gasteiger partial charge in [-0.25, -0.2) is 4.79 Å². The Kier molecular flexibility index (Phi) is 11.7. The van der Waals surface area contributed by atoms with E-state index in [-0.39, 0.29) is 12.4 Å². The number of halogens is 3. The summed E-state index contributed by atoms with van der Waals surface area (Å²) >= 11 is 11.8. The van der Waals surface area contributed by atoms with Gasteiger partial charge in [0.1, 0.15) is 0 Å². The Morgan fingerprint density at radius 3 is 2.32 bits per heavy atom. The maximum Gasteiger partial charge on any atom is 0.339 e. The molecule has 0 amide bonds. The van der Waals surface area contributed by atoms with Crippen molar-refractivity contribution in [3.8, 4) is 0 Å². The Balaban J connectivity index is 0.00000441. The average molecular weight is 369 g/mol. The van der Waals surface area contributed by atoms with Gasteiger partial charge in [-0.15, -0.1) is 12.4 Å². The van der Waals surface area contributed by atoms with E-state index >= 15 is 0 Å². The topological polar surface area (TPSA) is 29.5 Å². The molecule has 0 unspecified atom stereocenters. The predicted octanol–water partition coefficient (Wildman–Crippen LogP) is 5.08. The van der Waals surface area contributed by atoms with Gasteiger partial charge in [-0.05, 0) is 50.6 Å². The Morgan fingerprint density at radius 1 is 1.14 bits per heavy atom. The first-order valence-corrected chi connectivity index (χ1v) is 8.18. The predicted molar refractivity (Wildman–Crippen MR) is 95.6 cm³/mol. The standard InChI is InChI=1S/C16H23Cl2NO2.ClH/c1-3-8-19(9-4-2)10-5-11-21-16(20)14-7-6-13(17)12-15(14)18;/h6-7,12H,3-5,8-11H2,1-2H3;1H. The number of carbonyl (C=O) groups excluding carboxylic acids is 1. The van der Waals surface area contributed by atoms with Crippen molar-refractivity contribution < 1.29 is 9.53 Å². The monoisotopic (exact) mass is 367 g/mol. The number of benzene rings is 1. The number of ether oxygens (including phenoxy) is 1. The third-order valence-corrected chi connectivity index (χ3v) is 3.63. The third-order valence-electron chi connectivity index (χ3n) is 3.08. The second-order valence-electron chi connectivity index (χ2n) is 4.96. The van der Waals surface area contributed by atoms with Gasteiger partial charge >= 0.3 is 5.97 Å². The molecule has 0 aromatic heterocycles. The van der Waals surface area contributed by atoms with Gasteiger partial charge in [-0.2, -0.15) is 0 Å². The molecule has 0 saturated carbocycles. The van der Waals surface area contributed by atoms with Crippen molar-refractivity contribution >= 4 is 41.6 Å². The molecular formula is C16H24Cl3NO2. The lowest BCUT2D eigenvalue weighted by Gasteiger charge is -2.20. The van der Waals surface area contributed by atoms with Gasteiger partial charge in [0, 0.05) is 11.6 Å². The lowest BCUT2D eigenvalue weighted by atomic mass is 10.2. The molecule has 126 valence electrons. The van der Waals surface area contributed by atoms with Crippen molar-refractivity contribution in [2.75, 3.05) is 26.2 Å². The number of rotatable bonds is 9. The van der Waals surface area contributed by atoms with E-state index in [2.05, 4.69) is 18.7 Å². The van der Waals surface area contributed by atoms with Crippen LogP contribution in [0.5, 0.6) is 0 Å². The summed E-state index contributed by atoms with van der Waals surface area (Å²) in [6.07, 6.45) is 3.11. The minimum atomic E-state index is -0.394. The minimum absolute atomic E-state index is 0. The summed E-state index contributed by atoms with van der Waals surface area (Å²) in [5, 5.41) is 0.831. The van der Waals surface area contributed by atoms with E-state index in [0.29, 0.717) is 22.2 Å². The van der Waals surface area contributed by atoms with Crippen LogP contribution in [0, 0.1) is 0 Å². The molecule has 1 rings (SSSR count). The van der Waals surface area contributed by atoms with E-state index in [4.69, 9.17) is 27.9 Å². The summed E-state index contributed by atoms with van der Waals surface area (Å²) < 4.78 is 5.26. The Hall–Kier alpha value is -0.480. The highest BCUT2D eigenvalue weighted by molar-refractivity contribution is 6.36. The number of hydrogen-bond donors (Lipinski definition) is 0. The van der Waals surface area contributed by atoms with E-state index in [0.717, 1.165) is 38.9 Å². The summed E-state index contributed by atoms with van der Waals surface area (Å²) in [6.45, 7) is 7.87. The molecular weight excluding hydrogens is 345 g/mol. The average Bonchev–Trinajstić information content (AvgIpc) is 2.43. The van der Waals surface area contributed by atoms with Crippen molar-refractivity contribution in [3.63, 3.8) is 0 Å². The summed E-state index contributed by atoms with van der Waals surface area (Å²) in [4.78, 5) is 14.3. The lowest BCUT2D eigenvalue weighted by Crippen LogP contribution is -2.27. The molecule has 3 nitrogen and oxygen atoms in total. The van der Waals surface area contributed by atoms with Crippen LogP contribution in [-0.2, 0) is 4.74 Å². The maximum absolute atomic E-state index is 11.9. The van der Waals surface area contributed by atoms with Crippen molar-refractivity contribution in [1.82, 2.24) is 4.90 Å². The second-order valence-corrected chi connectivity index (χ2v) is 5.80. The Labute approximate surface area is 149 Å². The first kappa shape index (κ1) is 21.5. The first-order chi connectivity index (χ1) is 10.1. The summed E-state index contributed by atoms with van der Waals surface area (Å²) in [5.74, 6) is -0.394. The van der Waals surface area contributed by atoms with Crippen molar-refractivity contribution in [2.24, 2.45) is 0 Å². The van der Waals surface area contributed by atoms with Gasteiger partial charge in [0.2, 0.25) is 0 Å². The summed E-state index contributed by atoms with van der Waals surface area (Å²) in [5.41, 5.74) is 0.361. The van der Waals surface area contributed by atoms with Crippen molar-refractivity contribution in [2.45, 2.75) is 33.1 Å². The molecule has 0 saturated heterocycles. The van der Waals surface area contributed by atoms with E-state index in [1.165, 1.54) is 0 Å². The third kappa shape index (κ3) is 7.68. The van der Waals surface area contributed by atoms with Crippen LogP contribution in [0.4, 0.5) is 0 Å². The molecule has 1 aromatic carbocycles. The van der Waals surface area contributed by atoms with Crippen molar-refractivity contribution in [3.05, 3.63) is 33.8 Å². The molecule has 6 heteroatoms. The van der Waals surface area contributed by atoms with Crippen LogP contribution in [0.1, 0.15) is 43.5 Å². The highest BCUT2D eigenvalue weighted by atomic mass is 35.5. The highest BCUT2D eigenvalue weighted by Gasteiger charge is 2.12. The Morgan fingerprint density at radius 2 is 1.77 bits per heavy atom. The zero-order chi connectivity index (χ0) is 15.7. The molecule has 0 aliphatic rings. The van der Waals surface area contributed by atoms with Crippen LogP contribution < -0.4 is 0 Å². The number of hydrogen-bond acceptors (Lipinski definition) is 3. The first-order valence-electron chi connectivity index (χ1n) is 7.43. The molecule has 0 aliphatic carbocycles. The fourth-order valence-corrected chi connectivity index (χ4v) is 2.64. The molecule has 0 bridgehead atoms. The zero-order valence-corrected chi connectivity index (χ0v) is 15.4. The Bertz CT molecular complexity index is 449. The summed E-state index contributed by atoms with van der Waals surface area (Å²) in [6, 6.07) is 4.77. The van der Waals surface area contributed by atoms with E-state index in [1.807, 2.05) is 0 Å². The second kappa shape index (κ2) is 12.0. The minimum Gasteiger partial charge on any atom is -0.462 e. The van der Waals surface area contributed by atoms with E-state index in [1.54, 1.807) is 18.2 Å². The number of nitrogens with zero attached hydrogens (tertiary/aromatic N) is 1. The van der Waals surface area contributed by atoms with Gasteiger partial charge in [0.15, 0.2) is 0 Å². The van der Waals surface area contributed by atoms with Crippen LogP contribution in [-0.4, -0.2) is 37.1 Å². The van der Waals surface area contributed by atoms with Crippen molar-refractivity contribution in [1.29, 1.82) is 0 Å². The number of carbonyl (C=O) groups is 1. The molecule has 0 atom stereocenters. The zero-order valence-electron chi connectivity index (χ0n) is 13.1. The molecule has 1 aromatic rings. The molecule has 0 fully saturated rings. The molecule has 0 N–H and O–H groups in total.